The number of esters is 1. The average Bonchev–Trinajstić information content (AvgIpc) is 1.99. The van der Waals surface area contributed by atoms with Gasteiger partial charge in [0.25, 0.3) is 0 Å². The first kappa shape index (κ1) is 12.7. The molecule has 0 saturated carbocycles. The van der Waals surface area contributed by atoms with Crippen molar-refractivity contribution in [1.82, 2.24) is 4.13 Å². The van der Waals surface area contributed by atoms with Crippen molar-refractivity contribution in [3.63, 3.8) is 0 Å². The summed E-state index contributed by atoms with van der Waals surface area (Å²) in [6, 6.07) is 0. The van der Waals surface area contributed by atoms with Crippen molar-refractivity contribution in [3.8, 4) is 0 Å². The topological polar surface area (TPSA) is 72.5 Å². The van der Waals surface area contributed by atoms with Gasteiger partial charge in [-0.25, -0.2) is 8.42 Å². The fraction of sp³-hybridized carbons (Fsp3) is 0.833. The molecule has 0 fully saturated rings. The lowest BCUT2D eigenvalue weighted by Gasteiger charge is -2.11. The molecule has 0 aromatic rings. The van der Waals surface area contributed by atoms with E-state index >= 15 is 0 Å². The van der Waals surface area contributed by atoms with Crippen molar-refractivity contribution in [1.29, 1.82) is 0 Å². The fourth-order valence-corrected chi connectivity index (χ4v) is 1.84. The maximum atomic E-state index is 10.7. The summed E-state index contributed by atoms with van der Waals surface area (Å²) >= 11 is 0.846. The van der Waals surface area contributed by atoms with Gasteiger partial charge in [0.15, 0.2) is 5.44 Å². The van der Waals surface area contributed by atoms with E-state index in [0.717, 1.165) is 18.2 Å². The highest BCUT2D eigenvalue weighted by molar-refractivity contribution is 8.09. The minimum Gasteiger partial charge on any atom is -0.450 e. The molecule has 0 spiro atoms. The van der Waals surface area contributed by atoms with Gasteiger partial charge in [0.2, 0.25) is 10.0 Å². The summed E-state index contributed by atoms with van der Waals surface area (Å²) in [5.74, 6) is -0.352. The van der Waals surface area contributed by atoms with Crippen LogP contribution >= 0.6 is 11.9 Å². The second-order valence-electron chi connectivity index (χ2n) is 2.38. The minimum absolute atomic E-state index is 0.282. The number of rotatable bonds is 5. The van der Waals surface area contributed by atoms with Gasteiger partial charge in [-0.3, -0.25) is 4.79 Å². The third-order valence-corrected chi connectivity index (χ3v) is 2.98. The molecule has 1 N–H and O–H groups in total. The first-order valence-corrected chi connectivity index (χ1v) is 6.44. The highest BCUT2D eigenvalue weighted by Crippen LogP contribution is 2.09. The van der Waals surface area contributed by atoms with Crippen LogP contribution in [0.5, 0.6) is 0 Å². The van der Waals surface area contributed by atoms with E-state index in [4.69, 9.17) is 4.74 Å². The van der Waals surface area contributed by atoms with Gasteiger partial charge in [-0.1, -0.05) is 6.92 Å². The second kappa shape index (κ2) is 5.46. The van der Waals surface area contributed by atoms with Crippen LogP contribution in [0.3, 0.4) is 0 Å². The van der Waals surface area contributed by atoms with Gasteiger partial charge in [0.1, 0.15) is 0 Å². The van der Waals surface area contributed by atoms with Crippen LogP contribution in [0, 0.1) is 0 Å². The second-order valence-corrected chi connectivity index (χ2v) is 5.49. The van der Waals surface area contributed by atoms with Crippen molar-refractivity contribution in [3.05, 3.63) is 0 Å². The minimum atomic E-state index is -3.24. The highest BCUT2D eigenvalue weighted by Gasteiger charge is 2.10. The first-order valence-electron chi connectivity index (χ1n) is 3.67. The molecule has 0 aliphatic heterocycles. The SMILES string of the molecule is CCC(=O)OC(C)SNS(C)(=O)=O. The normalized spacial score (nSPS) is 13.8. The van der Waals surface area contributed by atoms with E-state index < -0.39 is 15.5 Å². The van der Waals surface area contributed by atoms with E-state index in [0.29, 0.717) is 0 Å². The molecule has 0 amide bonds. The van der Waals surface area contributed by atoms with Crippen LogP contribution in [0.25, 0.3) is 0 Å². The van der Waals surface area contributed by atoms with Crippen LogP contribution < -0.4 is 4.13 Å². The molecule has 13 heavy (non-hydrogen) atoms. The summed E-state index contributed by atoms with van der Waals surface area (Å²) in [6.07, 6.45) is 1.32. The molecule has 78 valence electrons. The number of carbonyl (C=O) groups is 1. The maximum Gasteiger partial charge on any atom is 0.306 e. The Morgan fingerprint density at radius 1 is 1.62 bits per heavy atom. The fourth-order valence-electron chi connectivity index (χ4n) is 0.448. The standard InChI is InChI=1S/C6H13NO4S2/c1-4-6(8)11-5(2)12-7-13(3,9)10/h5,7H,4H2,1-3H3. The van der Waals surface area contributed by atoms with Gasteiger partial charge in [-0.15, -0.1) is 0 Å². The van der Waals surface area contributed by atoms with Gasteiger partial charge in [-0.05, 0) is 18.9 Å². The number of hydrogen-bond acceptors (Lipinski definition) is 5. The third-order valence-electron chi connectivity index (χ3n) is 0.952. The number of carbonyl (C=O) groups excluding carboxylic acids is 1. The molecule has 1 unspecified atom stereocenters. The van der Waals surface area contributed by atoms with E-state index in [1.54, 1.807) is 13.8 Å². The van der Waals surface area contributed by atoms with E-state index in [2.05, 4.69) is 4.13 Å². The number of nitrogens with one attached hydrogen (secondary N) is 1. The largest absolute Gasteiger partial charge is 0.450 e. The van der Waals surface area contributed by atoms with Crippen LogP contribution in [0.4, 0.5) is 0 Å². The molecule has 1 atom stereocenters. The smallest absolute Gasteiger partial charge is 0.306 e. The van der Waals surface area contributed by atoms with Crippen molar-refractivity contribution in [2.24, 2.45) is 0 Å². The summed E-state index contributed by atoms with van der Waals surface area (Å²) in [7, 11) is -3.24. The Labute approximate surface area is 82.4 Å². The van der Waals surface area contributed by atoms with Crippen LogP contribution in [-0.2, 0) is 19.6 Å². The zero-order valence-electron chi connectivity index (χ0n) is 7.73. The zero-order chi connectivity index (χ0) is 10.5. The zero-order valence-corrected chi connectivity index (χ0v) is 9.37. The molecule has 0 aliphatic carbocycles. The Bertz CT molecular complexity index is 262. The van der Waals surface area contributed by atoms with Crippen LogP contribution in [-0.4, -0.2) is 26.1 Å². The van der Waals surface area contributed by atoms with E-state index in [1.807, 2.05) is 0 Å². The predicted octanol–water partition coefficient (Wildman–Crippen LogP) is 0.483. The summed E-state index contributed by atoms with van der Waals surface area (Å²) < 4.78 is 28.2. The lowest BCUT2D eigenvalue weighted by molar-refractivity contribution is -0.144. The van der Waals surface area contributed by atoms with Gasteiger partial charge < -0.3 is 4.74 Å². The van der Waals surface area contributed by atoms with Gasteiger partial charge in [-0.2, -0.15) is 4.13 Å². The molecule has 7 heteroatoms. The van der Waals surface area contributed by atoms with Crippen molar-refractivity contribution in [2.75, 3.05) is 6.26 Å². The number of hydrogen-bond donors (Lipinski definition) is 1. The Kier molecular flexibility index (Phi) is 5.34. The molecule has 0 aliphatic rings. The molecular weight excluding hydrogens is 214 g/mol. The average molecular weight is 227 g/mol. The molecule has 0 aromatic carbocycles. The number of sulfonamides is 1. The Balaban J connectivity index is 3.76. The van der Waals surface area contributed by atoms with Crippen LogP contribution in [0.1, 0.15) is 20.3 Å². The quantitative estimate of drug-likeness (QED) is 0.420. The van der Waals surface area contributed by atoms with E-state index in [-0.39, 0.29) is 12.4 Å². The van der Waals surface area contributed by atoms with E-state index in [1.165, 1.54) is 0 Å². The summed E-state index contributed by atoms with van der Waals surface area (Å²) in [4.78, 5) is 10.7. The molecule has 0 aromatic heterocycles. The summed E-state index contributed by atoms with van der Waals surface area (Å²) in [5.41, 5.74) is -0.512. The van der Waals surface area contributed by atoms with Crippen LogP contribution in [0.2, 0.25) is 0 Å². The van der Waals surface area contributed by atoms with Crippen molar-refractivity contribution >= 4 is 27.9 Å². The van der Waals surface area contributed by atoms with Gasteiger partial charge in [0.05, 0.1) is 6.26 Å². The molecule has 5 nitrogen and oxygen atoms in total. The van der Waals surface area contributed by atoms with Gasteiger partial charge >= 0.3 is 5.97 Å². The highest BCUT2D eigenvalue weighted by atomic mass is 32.3. The maximum absolute atomic E-state index is 10.7. The molecule has 0 rings (SSSR count). The Morgan fingerprint density at radius 2 is 2.15 bits per heavy atom. The van der Waals surface area contributed by atoms with Gasteiger partial charge in [0, 0.05) is 6.42 Å². The molecular formula is C6H13NO4S2. The van der Waals surface area contributed by atoms with E-state index in [9.17, 15) is 13.2 Å². The van der Waals surface area contributed by atoms with Crippen molar-refractivity contribution < 1.29 is 17.9 Å². The Hall–Kier alpha value is -0.270. The predicted molar refractivity (Wildman–Crippen MR) is 51.4 cm³/mol. The molecule has 0 radical (unpaired) electrons. The molecule has 0 bridgehead atoms. The lowest BCUT2D eigenvalue weighted by atomic mass is 10.5. The number of ether oxygens (including phenoxy) is 1. The monoisotopic (exact) mass is 227 g/mol. The van der Waals surface area contributed by atoms with Crippen LogP contribution in [0.15, 0.2) is 0 Å². The van der Waals surface area contributed by atoms with Crippen molar-refractivity contribution in [2.45, 2.75) is 25.7 Å². The third kappa shape index (κ3) is 8.07. The summed E-state index contributed by atoms with van der Waals surface area (Å²) in [5, 5.41) is 0. The lowest BCUT2D eigenvalue weighted by Crippen LogP contribution is -2.20. The molecule has 0 heterocycles. The molecule has 0 saturated heterocycles. The Morgan fingerprint density at radius 3 is 2.54 bits per heavy atom. The summed E-state index contributed by atoms with van der Waals surface area (Å²) in [6.45, 7) is 3.26. The first-order chi connectivity index (χ1) is 5.85.